The molecule has 1 aliphatic heterocycles. The van der Waals surface area contributed by atoms with Crippen LogP contribution >= 0.6 is 23.2 Å². The van der Waals surface area contributed by atoms with Crippen molar-refractivity contribution >= 4 is 41.0 Å². The van der Waals surface area contributed by atoms with E-state index in [1.54, 1.807) is 12.1 Å². The Kier molecular flexibility index (Phi) is 4.54. The van der Waals surface area contributed by atoms with Crippen LogP contribution < -0.4 is 0 Å². The van der Waals surface area contributed by atoms with Crippen molar-refractivity contribution in [3.05, 3.63) is 33.8 Å². The van der Waals surface area contributed by atoms with Crippen LogP contribution in [0.4, 0.5) is 4.79 Å². The maximum absolute atomic E-state index is 12.2. The Morgan fingerprint density at radius 3 is 2.24 bits per heavy atom. The fourth-order valence-electron chi connectivity index (χ4n) is 2.04. The second kappa shape index (κ2) is 6.03. The Labute approximate surface area is 132 Å². The van der Waals surface area contributed by atoms with Crippen molar-refractivity contribution in [1.82, 2.24) is 9.80 Å². The number of rotatable bonds is 4. The molecule has 4 amide bonds. The van der Waals surface area contributed by atoms with Crippen LogP contribution in [0.25, 0.3) is 0 Å². The summed E-state index contributed by atoms with van der Waals surface area (Å²) in [5.74, 6) is -1.53. The molecule has 1 heterocycles. The monoisotopic (exact) mass is 328 g/mol. The average molecular weight is 329 g/mol. The SMILES string of the molecule is CC(C)CN1C(=O)C(=O)N(Cc2ccc(Cl)cc2Cl)C1=O. The molecule has 112 valence electrons. The first-order valence-electron chi connectivity index (χ1n) is 6.42. The number of imide groups is 2. The highest BCUT2D eigenvalue weighted by Gasteiger charge is 2.44. The highest BCUT2D eigenvalue weighted by molar-refractivity contribution is 6.44. The predicted octanol–water partition coefficient (Wildman–Crippen LogP) is 2.94. The van der Waals surface area contributed by atoms with Gasteiger partial charge in [-0.05, 0) is 23.6 Å². The Hall–Kier alpha value is -1.59. The first-order chi connectivity index (χ1) is 9.81. The van der Waals surface area contributed by atoms with E-state index in [2.05, 4.69) is 0 Å². The molecule has 0 bridgehead atoms. The van der Waals surface area contributed by atoms with Gasteiger partial charge < -0.3 is 0 Å². The molecule has 0 radical (unpaired) electrons. The highest BCUT2D eigenvalue weighted by Crippen LogP contribution is 2.24. The summed E-state index contributed by atoms with van der Waals surface area (Å²) >= 11 is 11.8. The molecule has 1 aromatic rings. The quantitative estimate of drug-likeness (QED) is 0.630. The summed E-state index contributed by atoms with van der Waals surface area (Å²) < 4.78 is 0. The maximum Gasteiger partial charge on any atom is 0.334 e. The van der Waals surface area contributed by atoms with E-state index in [4.69, 9.17) is 23.2 Å². The zero-order valence-electron chi connectivity index (χ0n) is 11.6. The van der Waals surface area contributed by atoms with E-state index in [1.165, 1.54) is 6.07 Å². The molecule has 0 aliphatic carbocycles. The van der Waals surface area contributed by atoms with Crippen LogP contribution in [0.5, 0.6) is 0 Å². The van der Waals surface area contributed by atoms with Crippen LogP contribution in [0, 0.1) is 5.92 Å². The summed E-state index contributed by atoms with van der Waals surface area (Å²) in [5, 5.41) is 0.804. The minimum atomic E-state index is -0.827. The normalized spacial score (nSPS) is 15.6. The average Bonchev–Trinajstić information content (AvgIpc) is 2.58. The Bertz CT molecular complexity index is 616. The predicted molar refractivity (Wildman–Crippen MR) is 79.0 cm³/mol. The third-order valence-electron chi connectivity index (χ3n) is 3.03. The number of urea groups is 1. The number of halogens is 2. The molecule has 5 nitrogen and oxygen atoms in total. The Morgan fingerprint density at radius 2 is 1.67 bits per heavy atom. The van der Waals surface area contributed by atoms with E-state index < -0.39 is 17.8 Å². The van der Waals surface area contributed by atoms with E-state index in [1.807, 2.05) is 13.8 Å². The zero-order chi connectivity index (χ0) is 15.7. The molecule has 21 heavy (non-hydrogen) atoms. The summed E-state index contributed by atoms with van der Waals surface area (Å²) in [4.78, 5) is 37.8. The molecule has 1 saturated heterocycles. The van der Waals surface area contributed by atoms with Crippen LogP contribution in [0.15, 0.2) is 18.2 Å². The lowest BCUT2D eigenvalue weighted by Crippen LogP contribution is -2.35. The van der Waals surface area contributed by atoms with Crippen molar-refractivity contribution in [2.24, 2.45) is 5.92 Å². The fourth-order valence-corrected chi connectivity index (χ4v) is 2.50. The van der Waals surface area contributed by atoms with Gasteiger partial charge in [-0.25, -0.2) is 4.79 Å². The number of amides is 4. The molecule has 0 atom stereocenters. The lowest BCUT2D eigenvalue weighted by molar-refractivity contribution is -0.143. The van der Waals surface area contributed by atoms with Gasteiger partial charge in [0.15, 0.2) is 0 Å². The number of hydrogen-bond donors (Lipinski definition) is 0. The van der Waals surface area contributed by atoms with Gasteiger partial charge in [0.1, 0.15) is 0 Å². The molecular weight excluding hydrogens is 315 g/mol. The van der Waals surface area contributed by atoms with Gasteiger partial charge in [0.2, 0.25) is 0 Å². The van der Waals surface area contributed by atoms with Gasteiger partial charge in [-0.15, -0.1) is 0 Å². The van der Waals surface area contributed by atoms with Gasteiger partial charge in [-0.1, -0.05) is 43.1 Å². The summed E-state index contributed by atoms with van der Waals surface area (Å²) in [6.45, 7) is 3.90. The van der Waals surface area contributed by atoms with Crippen molar-refractivity contribution < 1.29 is 14.4 Å². The summed E-state index contributed by atoms with van der Waals surface area (Å²) in [7, 11) is 0. The molecule has 0 N–H and O–H groups in total. The topological polar surface area (TPSA) is 57.7 Å². The van der Waals surface area contributed by atoms with Crippen molar-refractivity contribution in [1.29, 1.82) is 0 Å². The minimum absolute atomic E-state index is 0.0476. The summed E-state index contributed by atoms with van der Waals surface area (Å²) in [5.41, 5.74) is 0.557. The van der Waals surface area contributed by atoms with E-state index in [9.17, 15) is 14.4 Å². The van der Waals surface area contributed by atoms with Crippen molar-refractivity contribution in [3.8, 4) is 0 Å². The standard InChI is InChI=1S/C14H14Cl2N2O3/c1-8(2)6-17-12(19)13(20)18(14(17)21)7-9-3-4-10(15)5-11(9)16/h3-5,8H,6-7H2,1-2H3. The highest BCUT2D eigenvalue weighted by atomic mass is 35.5. The molecule has 1 aliphatic rings. The lowest BCUT2D eigenvalue weighted by Gasteiger charge is -2.17. The molecule has 0 spiro atoms. The van der Waals surface area contributed by atoms with Gasteiger partial charge in [-0.3, -0.25) is 19.4 Å². The first kappa shape index (κ1) is 15.8. The Morgan fingerprint density at radius 1 is 1.05 bits per heavy atom. The third kappa shape index (κ3) is 3.19. The molecule has 0 unspecified atom stereocenters. The van der Waals surface area contributed by atoms with Crippen LogP contribution in [0.2, 0.25) is 10.0 Å². The molecule has 1 aromatic carbocycles. The zero-order valence-corrected chi connectivity index (χ0v) is 13.1. The Balaban J connectivity index is 2.22. The van der Waals surface area contributed by atoms with E-state index in [-0.39, 0.29) is 19.0 Å². The number of carbonyl (C=O) groups excluding carboxylic acids is 3. The largest absolute Gasteiger partial charge is 0.334 e. The van der Waals surface area contributed by atoms with Crippen LogP contribution in [-0.4, -0.2) is 34.2 Å². The summed E-state index contributed by atoms with van der Waals surface area (Å²) in [6, 6.07) is 4.16. The lowest BCUT2D eigenvalue weighted by atomic mass is 10.2. The first-order valence-corrected chi connectivity index (χ1v) is 7.18. The molecule has 0 saturated carbocycles. The molecule has 2 rings (SSSR count). The van der Waals surface area contributed by atoms with Crippen molar-refractivity contribution in [3.63, 3.8) is 0 Å². The third-order valence-corrected chi connectivity index (χ3v) is 3.61. The van der Waals surface area contributed by atoms with Gasteiger partial charge in [0.25, 0.3) is 0 Å². The smallest absolute Gasteiger partial charge is 0.263 e. The van der Waals surface area contributed by atoms with Gasteiger partial charge in [-0.2, -0.15) is 0 Å². The number of benzene rings is 1. The van der Waals surface area contributed by atoms with Crippen molar-refractivity contribution in [2.45, 2.75) is 20.4 Å². The number of hydrogen-bond acceptors (Lipinski definition) is 3. The minimum Gasteiger partial charge on any atom is -0.263 e. The number of carbonyl (C=O) groups is 3. The van der Waals surface area contributed by atoms with Crippen LogP contribution in [-0.2, 0) is 16.1 Å². The van der Waals surface area contributed by atoms with Crippen LogP contribution in [0.3, 0.4) is 0 Å². The van der Waals surface area contributed by atoms with Crippen LogP contribution in [0.1, 0.15) is 19.4 Å². The van der Waals surface area contributed by atoms with Gasteiger partial charge in [0, 0.05) is 16.6 Å². The maximum atomic E-state index is 12.2. The van der Waals surface area contributed by atoms with Crippen molar-refractivity contribution in [2.75, 3.05) is 6.54 Å². The van der Waals surface area contributed by atoms with E-state index >= 15 is 0 Å². The fraction of sp³-hybridized carbons (Fsp3) is 0.357. The van der Waals surface area contributed by atoms with E-state index in [0.29, 0.717) is 15.6 Å². The molecule has 1 fully saturated rings. The van der Waals surface area contributed by atoms with Gasteiger partial charge in [0.05, 0.1) is 6.54 Å². The molecular formula is C14H14Cl2N2O3. The number of nitrogens with zero attached hydrogens (tertiary/aromatic N) is 2. The second-order valence-electron chi connectivity index (χ2n) is 5.22. The summed E-state index contributed by atoms with van der Waals surface area (Å²) in [6.07, 6.45) is 0. The molecule has 0 aromatic heterocycles. The van der Waals surface area contributed by atoms with Gasteiger partial charge >= 0.3 is 17.8 Å². The molecule has 7 heteroatoms. The van der Waals surface area contributed by atoms with E-state index in [0.717, 1.165) is 9.80 Å². The second-order valence-corrected chi connectivity index (χ2v) is 6.06.